The van der Waals surface area contributed by atoms with Gasteiger partial charge in [0.15, 0.2) is 5.96 Å². The molecule has 1 aliphatic heterocycles. The number of nitrogens with two attached hydrogens (primary N) is 1. The van der Waals surface area contributed by atoms with Gasteiger partial charge < -0.3 is 20.9 Å². The third-order valence-corrected chi connectivity index (χ3v) is 3.94. The molecule has 0 aliphatic carbocycles. The summed E-state index contributed by atoms with van der Waals surface area (Å²) in [6.07, 6.45) is 2.90. The first-order chi connectivity index (χ1) is 10.7. The van der Waals surface area contributed by atoms with Crippen molar-refractivity contribution in [1.29, 1.82) is 0 Å². The summed E-state index contributed by atoms with van der Waals surface area (Å²) in [5.74, 6) is 1.56. The number of piperazine rings is 1. The molecule has 2 rings (SSSR count). The van der Waals surface area contributed by atoms with E-state index in [0.29, 0.717) is 12.5 Å². The van der Waals surface area contributed by atoms with Crippen LogP contribution in [0.3, 0.4) is 0 Å². The standard InChI is InChI=1S/C16H28N6.HI/c1-3-6-19-16(17)20-13-14-5-7-18-15(12-14)22-10-8-21(4-2)9-11-22;/h5,7,12H,3-4,6,8-11,13H2,1-2H3,(H3,17,19,20);1H. The van der Waals surface area contributed by atoms with Crippen molar-refractivity contribution >= 4 is 35.8 Å². The van der Waals surface area contributed by atoms with E-state index in [0.717, 1.165) is 57.1 Å². The molecule has 7 heteroatoms. The van der Waals surface area contributed by atoms with Crippen molar-refractivity contribution in [2.75, 3.05) is 44.2 Å². The zero-order valence-electron chi connectivity index (χ0n) is 14.2. The average molecular weight is 432 g/mol. The highest BCUT2D eigenvalue weighted by molar-refractivity contribution is 14.0. The summed E-state index contributed by atoms with van der Waals surface area (Å²) in [4.78, 5) is 13.7. The molecule has 0 amide bonds. The van der Waals surface area contributed by atoms with E-state index in [1.165, 1.54) is 0 Å². The van der Waals surface area contributed by atoms with Crippen LogP contribution in [0.5, 0.6) is 0 Å². The summed E-state index contributed by atoms with van der Waals surface area (Å²) in [6, 6.07) is 4.13. The number of halogens is 1. The Labute approximate surface area is 156 Å². The minimum absolute atomic E-state index is 0. The van der Waals surface area contributed by atoms with Gasteiger partial charge in [-0.1, -0.05) is 13.8 Å². The second kappa shape index (κ2) is 10.6. The zero-order valence-corrected chi connectivity index (χ0v) is 16.5. The van der Waals surface area contributed by atoms with E-state index in [1.54, 1.807) is 0 Å². The molecule has 3 N–H and O–H groups in total. The van der Waals surface area contributed by atoms with Crippen molar-refractivity contribution in [1.82, 2.24) is 15.2 Å². The van der Waals surface area contributed by atoms with Gasteiger partial charge in [0.05, 0.1) is 6.54 Å². The number of guanidine groups is 1. The molecule has 6 nitrogen and oxygen atoms in total. The van der Waals surface area contributed by atoms with Gasteiger partial charge >= 0.3 is 0 Å². The van der Waals surface area contributed by atoms with Gasteiger partial charge in [-0.15, -0.1) is 24.0 Å². The first-order valence-corrected chi connectivity index (χ1v) is 8.19. The molecular weight excluding hydrogens is 403 g/mol. The Kier molecular flexibility index (Phi) is 9.23. The van der Waals surface area contributed by atoms with E-state index in [1.807, 2.05) is 12.3 Å². The van der Waals surface area contributed by atoms with Gasteiger partial charge in [0.25, 0.3) is 0 Å². The molecule has 0 unspecified atom stereocenters. The quantitative estimate of drug-likeness (QED) is 0.407. The monoisotopic (exact) mass is 432 g/mol. The molecule has 1 fully saturated rings. The van der Waals surface area contributed by atoms with Crippen LogP contribution in [-0.2, 0) is 6.54 Å². The summed E-state index contributed by atoms with van der Waals surface area (Å²) < 4.78 is 0. The fourth-order valence-corrected chi connectivity index (χ4v) is 2.51. The Morgan fingerprint density at radius 3 is 2.70 bits per heavy atom. The van der Waals surface area contributed by atoms with Crippen molar-refractivity contribution in [2.45, 2.75) is 26.8 Å². The Hall–Kier alpha value is -1.09. The molecule has 1 aromatic rings. The van der Waals surface area contributed by atoms with Gasteiger partial charge in [0.2, 0.25) is 0 Å². The average Bonchev–Trinajstić information content (AvgIpc) is 2.58. The number of rotatable bonds is 6. The van der Waals surface area contributed by atoms with Crippen LogP contribution in [-0.4, -0.2) is 55.1 Å². The van der Waals surface area contributed by atoms with Gasteiger partial charge in [-0.2, -0.15) is 0 Å². The van der Waals surface area contributed by atoms with E-state index in [-0.39, 0.29) is 24.0 Å². The highest BCUT2D eigenvalue weighted by Crippen LogP contribution is 2.15. The molecule has 130 valence electrons. The first-order valence-electron chi connectivity index (χ1n) is 8.19. The molecule has 1 aliphatic rings. The zero-order chi connectivity index (χ0) is 15.8. The summed E-state index contributed by atoms with van der Waals surface area (Å²) in [5, 5.41) is 3.09. The fraction of sp³-hybridized carbons (Fsp3) is 0.625. The predicted molar refractivity (Wildman–Crippen MR) is 108 cm³/mol. The summed E-state index contributed by atoms with van der Waals surface area (Å²) in [7, 11) is 0. The molecule has 23 heavy (non-hydrogen) atoms. The summed E-state index contributed by atoms with van der Waals surface area (Å²) >= 11 is 0. The van der Waals surface area contributed by atoms with Crippen molar-refractivity contribution in [3.63, 3.8) is 0 Å². The molecule has 2 heterocycles. The van der Waals surface area contributed by atoms with Gasteiger partial charge in [0, 0.05) is 38.9 Å². The molecular formula is C16H29IN6. The highest BCUT2D eigenvalue weighted by Gasteiger charge is 2.16. The van der Waals surface area contributed by atoms with Gasteiger partial charge in [-0.05, 0) is 30.7 Å². The molecule has 1 saturated heterocycles. The van der Waals surface area contributed by atoms with Crippen LogP contribution >= 0.6 is 24.0 Å². The van der Waals surface area contributed by atoms with Crippen LogP contribution in [0.2, 0.25) is 0 Å². The number of hydrogen-bond donors (Lipinski definition) is 2. The largest absolute Gasteiger partial charge is 0.370 e. The van der Waals surface area contributed by atoms with Gasteiger partial charge in [-0.25, -0.2) is 9.98 Å². The second-order valence-corrected chi connectivity index (χ2v) is 5.57. The highest BCUT2D eigenvalue weighted by atomic mass is 127. The number of anilines is 1. The van der Waals surface area contributed by atoms with E-state index < -0.39 is 0 Å². The number of likely N-dealkylation sites (N-methyl/N-ethyl adjacent to an activating group) is 1. The number of aromatic nitrogens is 1. The van der Waals surface area contributed by atoms with E-state index in [2.05, 4.69) is 45.0 Å². The Balaban J connectivity index is 0.00000264. The van der Waals surface area contributed by atoms with Crippen LogP contribution in [0.25, 0.3) is 0 Å². The maximum Gasteiger partial charge on any atom is 0.188 e. The second-order valence-electron chi connectivity index (χ2n) is 5.57. The Morgan fingerprint density at radius 1 is 1.30 bits per heavy atom. The summed E-state index contributed by atoms with van der Waals surface area (Å²) in [5.41, 5.74) is 6.97. The van der Waals surface area contributed by atoms with Gasteiger partial charge in [-0.3, -0.25) is 0 Å². The van der Waals surface area contributed by atoms with Crippen LogP contribution in [0.15, 0.2) is 23.3 Å². The van der Waals surface area contributed by atoms with Crippen LogP contribution in [0.1, 0.15) is 25.8 Å². The Morgan fingerprint density at radius 2 is 2.04 bits per heavy atom. The first kappa shape index (κ1) is 20.0. The lowest BCUT2D eigenvalue weighted by atomic mass is 10.2. The van der Waals surface area contributed by atoms with Crippen molar-refractivity contribution in [2.24, 2.45) is 10.7 Å². The lowest BCUT2D eigenvalue weighted by Crippen LogP contribution is -2.46. The maximum atomic E-state index is 5.83. The lowest BCUT2D eigenvalue weighted by Gasteiger charge is -2.34. The number of aliphatic imine (C=N–C) groups is 1. The minimum Gasteiger partial charge on any atom is -0.370 e. The molecule has 1 aromatic heterocycles. The number of nitrogens with zero attached hydrogens (tertiary/aromatic N) is 4. The molecule has 0 radical (unpaired) electrons. The molecule has 0 spiro atoms. The number of hydrogen-bond acceptors (Lipinski definition) is 4. The number of pyridine rings is 1. The Bertz CT molecular complexity index is 485. The van der Waals surface area contributed by atoms with Crippen molar-refractivity contribution in [3.05, 3.63) is 23.9 Å². The van der Waals surface area contributed by atoms with Crippen molar-refractivity contribution < 1.29 is 0 Å². The van der Waals surface area contributed by atoms with Crippen molar-refractivity contribution in [3.8, 4) is 0 Å². The maximum absolute atomic E-state index is 5.83. The predicted octanol–water partition coefficient (Wildman–Crippen LogP) is 1.66. The third-order valence-electron chi connectivity index (χ3n) is 3.94. The van der Waals surface area contributed by atoms with Crippen LogP contribution in [0, 0.1) is 0 Å². The molecule has 0 atom stereocenters. The van der Waals surface area contributed by atoms with E-state index >= 15 is 0 Å². The van der Waals surface area contributed by atoms with E-state index in [4.69, 9.17) is 5.73 Å². The topological polar surface area (TPSA) is 69.8 Å². The normalized spacial score (nSPS) is 16.1. The molecule has 0 aromatic carbocycles. The molecule has 0 bridgehead atoms. The van der Waals surface area contributed by atoms with E-state index in [9.17, 15) is 0 Å². The third kappa shape index (κ3) is 6.50. The van der Waals surface area contributed by atoms with Crippen LogP contribution in [0.4, 0.5) is 5.82 Å². The molecule has 0 saturated carbocycles. The minimum atomic E-state index is 0. The SMILES string of the molecule is CCCNC(N)=NCc1ccnc(N2CCN(CC)CC2)c1.I. The lowest BCUT2D eigenvalue weighted by molar-refractivity contribution is 0.270. The number of nitrogens with one attached hydrogen (secondary N) is 1. The fourth-order valence-electron chi connectivity index (χ4n) is 2.51. The van der Waals surface area contributed by atoms with Gasteiger partial charge in [0.1, 0.15) is 5.82 Å². The smallest absolute Gasteiger partial charge is 0.188 e. The summed E-state index contributed by atoms with van der Waals surface area (Å²) in [6.45, 7) is 11.2. The van der Waals surface area contributed by atoms with Crippen LogP contribution < -0.4 is 16.0 Å².